The Morgan fingerprint density at radius 2 is 1.87 bits per heavy atom. The van der Waals surface area contributed by atoms with Crippen LogP contribution in [0.5, 0.6) is 5.75 Å². The first-order valence-electron chi connectivity index (χ1n) is 4.55. The second-order valence-electron chi connectivity index (χ2n) is 3.64. The Balaban J connectivity index is 0.00000196. The van der Waals surface area contributed by atoms with E-state index < -0.39 is 6.11 Å². The number of rotatable bonds is 3. The summed E-state index contributed by atoms with van der Waals surface area (Å²) in [5.41, 5.74) is 0.992. The van der Waals surface area contributed by atoms with Gasteiger partial charge in [-0.05, 0) is 23.6 Å². The third-order valence-corrected chi connectivity index (χ3v) is 1.82. The summed E-state index contributed by atoms with van der Waals surface area (Å²) in [5, 5.41) is 0. The number of hydrogen-bond acceptors (Lipinski definition) is 1. The molecule has 86 valence electrons. The van der Waals surface area contributed by atoms with Crippen LogP contribution in [0.15, 0.2) is 24.3 Å². The number of ether oxygens (including phenoxy) is 1. The Hall–Kier alpha value is -1.19. The molecule has 0 fully saturated rings. The number of benzene rings is 1. The summed E-state index contributed by atoms with van der Waals surface area (Å²) in [5.74, 6) is 0.521. The van der Waals surface area contributed by atoms with Crippen LogP contribution in [0.4, 0.5) is 13.5 Å². The first kappa shape index (κ1) is 13.8. The van der Waals surface area contributed by atoms with Gasteiger partial charge in [0, 0.05) is 6.92 Å². The molecule has 0 saturated heterocycles. The van der Waals surface area contributed by atoms with Crippen molar-refractivity contribution >= 4 is 0 Å². The molecular weight excluding hydrogens is 205 g/mol. The molecule has 0 aliphatic heterocycles. The highest BCUT2D eigenvalue weighted by molar-refractivity contribution is 5.30. The van der Waals surface area contributed by atoms with Crippen molar-refractivity contribution in [3.8, 4) is 5.75 Å². The van der Waals surface area contributed by atoms with E-state index in [1.807, 2.05) is 19.9 Å². The van der Waals surface area contributed by atoms with Crippen molar-refractivity contribution in [3.63, 3.8) is 0 Å². The molecule has 0 saturated carbocycles. The van der Waals surface area contributed by atoms with Crippen LogP contribution in [0, 0.1) is 0 Å². The molecule has 15 heavy (non-hydrogen) atoms. The van der Waals surface area contributed by atoms with Gasteiger partial charge in [0.1, 0.15) is 5.75 Å². The van der Waals surface area contributed by atoms with Crippen LogP contribution < -0.4 is 4.74 Å². The Labute approximate surface area is 87.4 Å². The van der Waals surface area contributed by atoms with Gasteiger partial charge in [-0.1, -0.05) is 26.0 Å². The Bertz CT molecular complexity index is 305. The second-order valence-corrected chi connectivity index (χ2v) is 3.64. The maximum Gasteiger partial charge on any atom is 0.394 e. The van der Waals surface area contributed by atoms with Crippen molar-refractivity contribution in [2.75, 3.05) is 0 Å². The lowest BCUT2D eigenvalue weighted by molar-refractivity contribution is -0.158. The van der Waals surface area contributed by atoms with Gasteiger partial charge < -0.3 is 4.74 Å². The van der Waals surface area contributed by atoms with Gasteiger partial charge >= 0.3 is 6.11 Å². The Morgan fingerprint density at radius 1 is 1.27 bits per heavy atom. The first-order chi connectivity index (χ1) is 6.38. The van der Waals surface area contributed by atoms with Gasteiger partial charge in [-0.25, -0.2) is 0 Å². The normalized spacial score (nSPS) is 11.1. The van der Waals surface area contributed by atoms with Crippen molar-refractivity contribution in [3.05, 3.63) is 29.8 Å². The quantitative estimate of drug-likeness (QED) is 0.749. The van der Waals surface area contributed by atoms with E-state index in [0.29, 0.717) is 5.92 Å². The van der Waals surface area contributed by atoms with Gasteiger partial charge in [0.15, 0.2) is 0 Å². The molecule has 0 N–H and O–H groups in total. The summed E-state index contributed by atoms with van der Waals surface area (Å²) in [7, 11) is 0. The monoisotopic (exact) mass is 220 g/mol. The minimum Gasteiger partial charge on any atom is -0.433 e. The zero-order chi connectivity index (χ0) is 10.8. The summed E-state index contributed by atoms with van der Waals surface area (Å²) in [6.07, 6.45) is -3.12. The van der Waals surface area contributed by atoms with Gasteiger partial charge in [0.25, 0.3) is 0 Å². The number of halogens is 3. The maximum absolute atomic E-state index is 12.5. The van der Waals surface area contributed by atoms with Crippen LogP contribution in [0.2, 0.25) is 0 Å². The summed E-state index contributed by atoms with van der Waals surface area (Å²) < 4.78 is 29.5. The van der Waals surface area contributed by atoms with E-state index in [-0.39, 0.29) is 10.5 Å². The van der Waals surface area contributed by atoms with Gasteiger partial charge in [-0.3, -0.25) is 4.70 Å². The highest BCUT2D eigenvalue weighted by atomic mass is 19.3. The molecule has 1 nitrogen and oxygen atoms in total. The van der Waals surface area contributed by atoms with Crippen molar-refractivity contribution in [1.82, 2.24) is 0 Å². The summed E-state index contributed by atoms with van der Waals surface area (Å²) in [4.78, 5) is 0. The van der Waals surface area contributed by atoms with Crippen LogP contribution in [-0.4, -0.2) is 6.11 Å². The Morgan fingerprint density at radius 3 is 2.33 bits per heavy atom. The molecule has 1 rings (SSSR count). The van der Waals surface area contributed by atoms with Crippen LogP contribution in [0.3, 0.4) is 0 Å². The van der Waals surface area contributed by atoms with Crippen LogP contribution in [0.1, 0.15) is 32.3 Å². The molecule has 0 amide bonds. The van der Waals surface area contributed by atoms with E-state index in [9.17, 15) is 8.78 Å². The molecule has 0 aliphatic carbocycles. The standard InChI is InChI=1S/C11H14F2O.FH/c1-8(2)9-5-4-6-10(7-9)14-11(3,12)13;/h4-8H,1-3H3;1H. The lowest BCUT2D eigenvalue weighted by atomic mass is 10.0. The largest absolute Gasteiger partial charge is 0.433 e. The van der Waals surface area contributed by atoms with Crippen LogP contribution in [0.25, 0.3) is 0 Å². The van der Waals surface area contributed by atoms with Gasteiger partial charge in [0.2, 0.25) is 0 Å². The Kier molecular flexibility index (Phi) is 4.65. The topological polar surface area (TPSA) is 9.23 Å². The van der Waals surface area contributed by atoms with Crippen LogP contribution >= 0.6 is 0 Å². The van der Waals surface area contributed by atoms with E-state index in [1.165, 1.54) is 6.07 Å². The predicted molar refractivity (Wildman–Crippen MR) is 54.3 cm³/mol. The minimum atomic E-state index is -3.12. The first-order valence-corrected chi connectivity index (χ1v) is 4.55. The molecule has 0 unspecified atom stereocenters. The van der Waals surface area contributed by atoms with Crippen molar-refractivity contribution in [2.45, 2.75) is 32.8 Å². The molecule has 0 radical (unpaired) electrons. The predicted octanol–water partition coefficient (Wildman–Crippen LogP) is 3.95. The minimum absolute atomic E-state index is 0. The molecule has 0 atom stereocenters. The number of hydrogen-bond donors (Lipinski definition) is 0. The zero-order valence-electron chi connectivity index (χ0n) is 8.96. The summed E-state index contributed by atoms with van der Waals surface area (Å²) in [6, 6.07) is 6.78. The third kappa shape index (κ3) is 4.72. The lowest BCUT2D eigenvalue weighted by Gasteiger charge is -2.14. The molecular formula is C11H15F3O. The maximum atomic E-state index is 12.5. The smallest absolute Gasteiger partial charge is 0.394 e. The van der Waals surface area contributed by atoms with Crippen LogP contribution in [-0.2, 0) is 0 Å². The van der Waals surface area contributed by atoms with Gasteiger partial charge in [-0.2, -0.15) is 8.78 Å². The highest BCUT2D eigenvalue weighted by Gasteiger charge is 2.23. The number of alkyl halides is 2. The fraction of sp³-hybridized carbons (Fsp3) is 0.455. The van der Waals surface area contributed by atoms with Crippen molar-refractivity contribution < 1.29 is 18.2 Å². The summed E-state index contributed by atoms with van der Waals surface area (Å²) >= 11 is 0. The van der Waals surface area contributed by atoms with Crippen molar-refractivity contribution in [2.24, 2.45) is 0 Å². The third-order valence-electron chi connectivity index (χ3n) is 1.82. The molecule has 0 spiro atoms. The van der Waals surface area contributed by atoms with E-state index in [4.69, 9.17) is 0 Å². The molecule has 0 aliphatic rings. The second kappa shape index (κ2) is 5.05. The molecule has 1 aromatic carbocycles. The lowest BCUT2D eigenvalue weighted by Crippen LogP contribution is -2.19. The average Bonchev–Trinajstić information content (AvgIpc) is 2.01. The zero-order valence-corrected chi connectivity index (χ0v) is 8.96. The fourth-order valence-electron chi connectivity index (χ4n) is 1.14. The van der Waals surface area contributed by atoms with Gasteiger partial charge in [0.05, 0.1) is 0 Å². The SMILES string of the molecule is CC(C)c1cccc(OC(C)(F)F)c1.F. The fourth-order valence-corrected chi connectivity index (χ4v) is 1.14. The molecule has 0 aromatic heterocycles. The van der Waals surface area contributed by atoms with Crippen molar-refractivity contribution in [1.29, 1.82) is 0 Å². The van der Waals surface area contributed by atoms with Gasteiger partial charge in [-0.15, -0.1) is 0 Å². The summed E-state index contributed by atoms with van der Waals surface area (Å²) in [6.45, 7) is 4.74. The average molecular weight is 220 g/mol. The van der Waals surface area contributed by atoms with E-state index in [2.05, 4.69) is 4.74 Å². The molecule has 4 heteroatoms. The highest BCUT2D eigenvalue weighted by Crippen LogP contribution is 2.24. The van der Waals surface area contributed by atoms with E-state index >= 15 is 0 Å². The molecule has 1 aromatic rings. The molecule has 0 heterocycles. The molecule has 0 bridgehead atoms. The van der Waals surface area contributed by atoms with E-state index in [1.54, 1.807) is 12.1 Å². The van der Waals surface area contributed by atoms with E-state index in [0.717, 1.165) is 12.5 Å².